The molecule has 98 valence electrons. The summed E-state index contributed by atoms with van der Waals surface area (Å²) in [5.74, 6) is 0. The van der Waals surface area contributed by atoms with Crippen molar-refractivity contribution in [3.8, 4) is 0 Å². The second kappa shape index (κ2) is 5.55. The fraction of sp³-hybridized carbons (Fsp3) is 0.467. The Labute approximate surface area is 118 Å². The van der Waals surface area contributed by atoms with Crippen molar-refractivity contribution in [3.05, 3.63) is 44.3 Å². The first kappa shape index (κ1) is 13.8. The Hall–Kier alpha value is -0.640. The predicted octanol–water partition coefficient (Wildman–Crippen LogP) is 4.81. The number of rotatable bonds is 4. The summed E-state index contributed by atoms with van der Waals surface area (Å²) >= 11 is 3.76. The molecule has 2 aromatic rings. The highest BCUT2D eigenvalue weighted by Crippen LogP contribution is 2.35. The van der Waals surface area contributed by atoms with Crippen LogP contribution in [0.3, 0.4) is 0 Å². The summed E-state index contributed by atoms with van der Waals surface area (Å²) in [6, 6.07) is 9.25. The van der Waals surface area contributed by atoms with Crippen LogP contribution in [0.25, 0.3) is 0 Å². The molecule has 2 heterocycles. The fourth-order valence-corrected chi connectivity index (χ4v) is 3.96. The van der Waals surface area contributed by atoms with Gasteiger partial charge in [0.1, 0.15) is 0 Å². The van der Waals surface area contributed by atoms with E-state index in [4.69, 9.17) is 0 Å². The lowest BCUT2D eigenvalue weighted by Gasteiger charge is -2.17. The van der Waals surface area contributed by atoms with Crippen LogP contribution in [0.15, 0.2) is 29.6 Å². The molecular formula is C15H21NS2. The molecule has 1 N–H and O–H groups in total. The fourth-order valence-electron chi connectivity index (χ4n) is 1.91. The van der Waals surface area contributed by atoms with Gasteiger partial charge in [0.2, 0.25) is 0 Å². The summed E-state index contributed by atoms with van der Waals surface area (Å²) < 4.78 is 0. The third-order valence-electron chi connectivity index (χ3n) is 2.89. The van der Waals surface area contributed by atoms with Gasteiger partial charge in [0.15, 0.2) is 0 Å². The molecule has 3 heteroatoms. The molecule has 0 saturated heterocycles. The first-order valence-corrected chi connectivity index (χ1v) is 8.09. The predicted molar refractivity (Wildman–Crippen MR) is 82.9 cm³/mol. The van der Waals surface area contributed by atoms with Gasteiger partial charge in [-0.15, -0.1) is 22.7 Å². The quantitative estimate of drug-likeness (QED) is 0.847. The van der Waals surface area contributed by atoms with Gasteiger partial charge < -0.3 is 5.32 Å². The van der Waals surface area contributed by atoms with Crippen LogP contribution in [0.2, 0.25) is 0 Å². The highest BCUT2D eigenvalue weighted by Gasteiger charge is 2.20. The Balaban J connectivity index is 2.29. The van der Waals surface area contributed by atoms with E-state index in [9.17, 15) is 0 Å². The molecule has 0 aliphatic heterocycles. The summed E-state index contributed by atoms with van der Waals surface area (Å²) in [4.78, 5) is 4.28. The summed E-state index contributed by atoms with van der Waals surface area (Å²) in [5.41, 5.74) is 0.245. The van der Waals surface area contributed by atoms with E-state index >= 15 is 0 Å². The van der Waals surface area contributed by atoms with Crippen molar-refractivity contribution in [2.75, 3.05) is 6.54 Å². The smallest absolute Gasteiger partial charge is 0.0764 e. The van der Waals surface area contributed by atoms with Gasteiger partial charge in [0, 0.05) is 14.6 Å². The van der Waals surface area contributed by atoms with Crippen LogP contribution in [0.1, 0.15) is 48.4 Å². The third-order valence-corrected chi connectivity index (χ3v) is 5.40. The third kappa shape index (κ3) is 3.02. The highest BCUT2D eigenvalue weighted by atomic mass is 32.1. The normalized spacial score (nSPS) is 13.8. The molecule has 2 aromatic heterocycles. The highest BCUT2D eigenvalue weighted by molar-refractivity contribution is 7.13. The summed E-state index contributed by atoms with van der Waals surface area (Å²) in [7, 11) is 0. The van der Waals surface area contributed by atoms with Crippen molar-refractivity contribution in [1.82, 2.24) is 5.32 Å². The lowest BCUT2D eigenvalue weighted by atomic mass is 9.95. The minimum absolute atomic E-state index is 0.245. The van der Waals surface area contributed by atoms with E-state index < -0.39 is 0 Å². The van der Waals surface area contributed by atoms with Crippen LogP contribution < -0.4 is 5.32 Å². The Kier molecular flexibility index (Phi) is 4.25. The van der Waals surface area contributed by atoms with Gasteiger partial charge in [-0.2, -0.15) is 0 Å². The molecule has 0 radical (unpaired) electrons. The number of thiophene rings is 2. The van der Waals surface area contributed by atoms with Crippen LogP contribution in [0.5, 0.6) is 0 Å². The van der Waals surface area contributed by atoms with Gasteiger partial charge in [0.05, 0.1) is 6.04 Å². The second-order valence-corrected chi connectivity index (χ2v) is 7.55. The molecule has 0 saturated carbocycles. The summed E-state index contributed by atoms with van der Waals surface area (Å²) in [6.07, 6.45) is 0. The van der Waals surface area contributed by atoms with E-state index in [0.717, 1.165) is 6.54 Å². The van der Waals surface area contributed by atoms with Gasteiger partial charge in [-0.05, 0) is 35.5 Å². The van der Waals surface area contributed by atoms with Crippen molar-refractivity contribution in [2.45, 2.75) is 39.2 Å². The monoisotopic (exact) mass is 279 g/mol. The lowest BCUT2D eigenvalue weighted by molar-refractivity contribution is 0.604. The summed E-state index contributed by atoms with van der Waals surface area (Å²) in [5, 5.41) is 5.74. The minimum atomic E-state index is 0.245. The lowest BCUT2D eigenvalue weighted by Crippen LogP contribution is -2.20. The van der Waals surface area contributed by atoms with Crippen molar-refractivity contribution >= 4 is 22.7 Å². The van der Waals surface area contributed by atoms with Crippen molar-refractivity contribution < 1.29 is 0 Å². The standard InChI is InChI=1S/C15H21NS2/c1-5-16-14(11-7-6-10-17-11)12-8-9-13(18-12)15(2,3)4/h6-10,14,16H,5H2,1-4H3. The maximum Gasteiger partial charge on any atom is 0.0764 e. The van der Waals surface area contributed by atoms with Gasteiger partial charge in [-0.3, -0.25) is 0 Å². The second-order valence-electron chi connectivity index (χ2n) is 5.46. The van der Waals surface area contributed by atoms with Crippen LogP contribution >= 0.6 is 22.7 Å². The molecule has 0 fully saturated rings. The zero-order valence-electron chi connectivity index (χ0n) is 11.5. The first-order chi connectivity index (χ1) is 8.52. The molecule has 0 bridgehead atoms. The molecule has 1 unspecified atom stereocenters. The van der Waals surface area contributed by atoms with E-state index in [1.165, 1.54) is 14.6 Å². The largest absolute Gasteiger partial charge is 0.305 e. The summed E-state index contributed by atoms with van der Waals surface area (Å²) in [6.45, 7) is 9.98. The molecular weight excluding hydrogens is 258 g/mol. The molecule has 0 amide bonds. The van der Waals surface area contributed by atoms with E-state index in [1.54, 1.807) is 0 Å². The van der Waals surface area contributed by atoms with Crippen LogP contribution in [0, 0.1) is 0 Å². The molecule has 0 spiro atoms. The maximum atomic E-state index is 3.59. The number of nitrogens with one attached hydrogen (secondary N) is 1. The molecule has 0 aliphatic carbocycles. The molecule has 0 aromatic carbocycles. The number of hydrogen-bond donors (Lipinski definition) is 1. The molecule has 0 aliphatic rings. The molecule has 1 nitrogen and oxygen atoms in total. The Morgan fingerprint density at radius 3 is 2.44 bits per heavy atom. The topological polar surface area (TPSA) is 12.0 Å². The Morgan fingerprint density at radius 1 is 1.17 bits per heavy atom. The van der Waals surface area contributed by atoms with Crippen molar-refractivity contribution in [2.24, 2.45) is 0 Å². The van der Waals surface area contributed by atoms with E-state index in [-0.39, 0.29) is 5.41 Å². The zero-order valence-corrected chi connectivity index (χ0v) is 13.1. The zero-order chi connectivity index (χ0) is 13.2. The minimum Gasteiger partial charge on any atom is -0.305 e. The Bertz CT molecular complexity index is 477. The van der Waals surface area contributed by atoms with Crippen molar-refractivity contribution in [3.63, 3.8) is 0 Å². The SMILES string of the molecule is CCNC(c1cccs1)c1ccc(C(C)(C)C)s1. The van der Waals surface area contributed by atoms with E-state index in [0.29, 0.717) is 6.04 Å². The Morgan fingerprint density at radius 2 is 1.94 bits per heavy atom. The van der Waals surface area contributed by atoms with Crippen molar-refractivity contribution in [1.29, 1.82) is 0 Å². The van der Waals surface area contributed by atoms with Gasteiger partial charge >= 0.3 is 0 Å². The van der Waals surface area contributed by atoms with E-state index in [1.807, 2.05) is 22.7 Å². The van der Waals surface area contributed by atoms with Crippen LogP contribution in [-0.2, 0) is 5.41 Å². The van der Waals surface area contributed by atoms with E-state index in [2.05, 4.69) is 62.7 Å². The molecule has 18 heavy (non-hydrogen) atoms. The van der Waals surface area contributed by atoms with Gasteiger partial charge in [-0.1, -0.05) is 33.8 Å². The van der Waals surface area contributed by atoms with Gasteiger partial charge in [0.25, 0.3) is 0 Å². The maximum absolute atomic E-state index is 3.59. The molecule has 2 rings (SSSR count). The number of hydrogen-bond acceptors (Lipinski definition) is 3. The molecule has 1 atom stereocenters. The van der Waals surface area contributed by atoms with Gasteiger partial charge in [-0.25, -0.2) is 0 Å². The average Bonchev–Trinajstić information content (AvgIpc) is 2.96. The van der Waals surface area contributed by atoms with Crippen LogP contribution in [-0.4, -0.2) is 6.54 Å². The average molecular weight is 279 g/mol. The van der Waals surface area contributed by atoms with Crippen LogP contribution in [0.4, 0.5) is 0 Å². The first-order valence-electron chi connectivity index (χ1n) is 6.39.